The summed E-state index contributed by atoms with van der Waals surface area (Å²) in [6.07, 6.45) is 5.09. The Bertz CT molecular complexity index is 1310. The van der Waals surface area contributed by atoms with Crippen molar-refractivity contribution in [2.24, 2.45) is 0 Å². The summed E-state index contributed by atoms with van der Waals surface area (Å²) in [7, 11) is -3.47. The van der Waals surface area contributed by atoms with E-state index >= 15 is 0 Å². The number of fused-ring (bicyclic) bond motifs is 1. The van der Waals surface area contributed by atoms with Crippen molar-refractivity contribution in [1.82, 2.24) is 23.0 Å². The van der Waals surface area contributed by atoms with Crippen LogP contribution in [0.3, 0.4) is 0 Å². The predicted molar refractivity (Wildman–Crippen MR) is 162 cm³/mol. The number of carbonyl (C=O) groups is 1. The Labute approximate surface area is 247 Å². The number of benzene rings is 1. The minimum absolute atomic E-state index is 0.0560. The van der Waals surface area contributed by atoms with Crippen LogP contribution in [0.15, 0.2) is 22.7 Å². The number of rotatable bonds is 7. The molecule has 3 aliphatic heterocycles. The average molecular weight is 639 g/mol. The van der Waals surface area contributed by atoms with Gasteiger partial charge in [-0.3, -0.25) is 4.79 Å². The molecule has 222 valence electrons. The molecule has 5 rings (SSSR count). The molecule has 0 spiro atoms. The molecule has 0 unspecified atom stereocenters. The molecule has 1 amide bonds. The lowest BCUT2D eigenvalue weighted by atomic mass is 10.1. The van der Waals surface area contributed by atoms with E-state index in [-0.39, 0.29) is 18.1 Å². The van der Waals surface area contributed by atoms with Gasteiger partial charge in [0, 0.05) is 69.8 Å². The lowest BCUT2D eigenvalue weighted by Gasteiger charge is -2.37. The lowest BCUT2D eigenvalue weighted by Crippen LogP contribution is -2.55. The molecule has 0 bridgehead atoms. The fraction of sp³-hybridized carbons (Fsp3) is 0.690. The Morgan fingerprint density at radius 3 is 2.08 bits per heavy atom. The van der Waals surface area contributed by atoms with Gasteiger partial charge in [0.15, 0.2) is 0 Å². The van der Waals surface area contributed by atoms with Gasteiger partial charge in [0.25, 0.3) is 16.1 Å². The maximum atomic E-state index is 13.8. The Morgan fingerprint density at radius 2 is 1.48 bits per heavy atom. The van der Waals surface area contributed by atoms with Crippen LogP contribution in [-0.2, 0) is 10.2 Å². The van der Waals surface area contributed by atoms with Gasteiger partial charge in [-0.05, 0) is 87.5 Å². The van der Waals surface area contributed by atoms with Crippen molar-refractivity contribution < 1.29 is 17.9 Å². The number of hydrogen-bond donors (Lipinski definition) is 0. The van der Waals surface area contributed by atoms with Crippen LogP contribution in [-0.4, -0.2) is 102 Å². The normalized spacial score (nSPS) is 21.1. The molecule has 0 radical (unpaired) electrons. The molecule has 0 atom stereocenters. The van der Waals surface area contributed by atoms with Gasteiger partial charge in [0.05, 0.1) is 9.99 Å². The van der Waals surface area contributed by atoms with Crippen molar-refractivity contribution >= 4 is 42.9 Å². The van der Waals surface area contributed by atoms with Crippen LogP contribution >= 0.6 is 15.9 Å². The van der Waals surface area contributed by atoms with Gasteiger partial charge in [-0.15, -0.1) is 0 Å². The van der Waals surface area contributed by atoms with Crippen molar-refractivity contribution in [1.29, 1.82) is 0 Å². The van der Waals surface area contributed by atoms with Gasteiger partial charge in [0.2, 0.25) is 0 Å². The van der Waals surface area contributed by atoms with E-state index in [1.807, 2.05) is 12.1 Å². The number of halogens is 1. The van der Waals surface area contributed by atoms with Crippen LogP contribution in [0.4, 0.5) is 0 Å². The van der Waals surface area contributed by atoms with Gasteiger partial charge in [-0.25, -0.2) is 0 Å². The molecule has 3 saturated heterocycles. The van der Waals surface area contributed by atoms with Crippen LogP contribution in [0.2, 0.25) is 0 Å². The molecule has 40 heavy (non-hydrogen) atoms. The van der Waals surface area contributed by atoms with E-state index < -0.39 is 10.2 Å². The maximum absolute atomic E-state index is 13.8. The number of aromatic nitrogens is 1. The highest BCUT2D eigenvalue weighted by molar-refractivity contribution is 9.10. The standard InChI is InChI=1S/C29H44BrN5O4S/c1-21(2)31-12-8-24(9-13-31)39-28-19-23-18-27(35(22(3)4)26(23)20-25(28)30)29(36)32-14-16-34(17-15-32)40(37,38)33-10-6-5-7-11-33/h18-22,24H,5-17H2,1-4H3. The highest BCUT2D eigenvalue weighted by atomic mass is 79.9. The zero-order valence-corrected chi connectivity index (χ0v) is 26.7. The molecule has 1 aromatic carbocycles. The summed E-state index contributed by atoms with van der Waals surface area (Å²) in [5.41, 5.74) is 1.62. The number of likely N-dealkylation sites (tertiary alicyclic amines) is 1. The summed E-state index contributed by atoms with van der Waals surface area (Å²) >= 11 is 3.73. The fourth-order valence-corrected chi connectivity index (χ4v) is 8.37. The second-order valence-corrected chi connectivity index (χ2v) is 14.7. The summed E-state index contributed by atoms with van der Waals surface area (Å²) in [6, 6.07) is 6.71. The minimum Gasteiger partial charge on any atom is -0.489 e. The van der Waals surface area contributed by atoms with Gasteiger partial charge in [0.1, 0.15) is 17.5 Å². The predicted octanol–water partition coefficient (Wildman–Crippen LogP) is 4.72. The summed E-state index contributed by atoms with van der Waals surface area (Å²) in [5, 5.41) is 0.973. The zero-order chi connectivity index (χ0) is 28.6. The summed E-state index contributed by atoms with van der Waals surface area (Å²) < 4.78 is 38.8. The number of hydrogen-bond acceptors (Lipinski definition) is 5. The van der Waals surface area contributed by atoms with Crippen LogP contribution in [0.5, 0.6) is 5.75 Å². The summed E-state index contributed by atoms with van der Waals surface area (Å²) in [5.74, 6) is 0.756. The van der Waals surface area contributed by atoms with E-state index in [0.29, 0.717) is 51.0 Å². The van der Waals surface area contributed by atoms with Crippen molar-refractivity contribution in [3.8, 4) is 5.75 Å². The molecule has 0 N–H and O–H groups in total. The van der Waals surface area contributed by atoms with Crippen molar-refractivity contribution in [3.05, 3.63) is 28.4 Å². The Hall–Kier alpha value is -1.66. The Balaban J connectivity index is 1.31. The first-order chi connectivity index (χ1) is 19.1. The highest BCUT2D eigenvalue weighted by Crippen LogP contribution is 2.36. The monoisotopic (exact) mass is 637 g/mol. The Morgan fingerprint density at radius 1 is 0.850 bits per heavy atom. The molecular weight excluding hydrogens is 594 g/mol. The van der Waals surface area contributed by atoms with Crippen LogP contribution < -0.4 is 4.74 Å². The van der Waals surface area contributed by atoms with Gasteiger partial charge in [-0.1, -0.05) is 6.42 Å². The highest BCUT2D eigenvalue weighted by Gasteiger charge is 2.35. The third-order valence-electron chi connectivity index (χ3n) is 8.62. The van der Waals surface area contributed by atoms with E-state index in [9.17, 15) is 13.2 Å². The van der Waals surface area contributed by atoms with Crippen molar-refractivity contribution in [3.63, 3.8) is 0 Å². The number of piperazine rings is 1. The molecule has 4 heterocycles. The SMILES string of the molecule is CC(C)N1CCC(Oc2cc3cc(C(=O)N4CCN(S(=O)(=O)N5CCCCC5)CC4)n(C(C)C)c3cc2Br)CC1. The van der Waals surface area contributed by atoms with Gasteiger partial charge in [-0.2, -0.15) is 17.0 Å². The molecular formula is C29H44BrN5O4S. The topological polar surface area (TPSA) is 78.3 Å². The van der Waals surface area contributed by atoms with Crippen molar-refractivity contribution in [2.75, 3.05) is 52.4 Å². The van der Waals surface area contributed by atoms with E-state index in [1.54, 1.807) is 13.5 Å². The van der Waals surface area contributed by atoms with E-state index in [1.165, 1.54) is 0 Å². The number of amides is 1. The zero-order valence-electron chi connectivity index (χ0n) is 24.3. The van der Waals surface area contributed by atoms with Crippen LogP contribution in [0.25, 0.3) is 10.9 Å². The molecule has 0 aliphatic carbocycles. The molecule has 0 saturated carbocycles. The van der Waals surface area contributed by atoms with E-state index in [2.05, 4.69) is 59.2 Å². The molecule has 1 aromatic heterocycles. The number of ether oxygens (including phenoxy) is 1. The van der Waals surface area contributed by atoms with E-state index in [0.717, 1.165) is 66.3 Å². The first-order valence-corrected chi connectivity index (χ1v) is 17.0. The smallest absolute Gasteiger partial charge is 0.282 e. The average Bonchev–Trinajstić information content (AvgIpc) is 3.32. The number of carbonyl (C=O) groups excluding carboxylic acids is 1. The largest absolute Gasteiger partial charge is 0.489 e. The second kappa shape index (κ2) is 12.3. The van der Waals surface area contributed by atoms with E-state index in [4.69, 9.17) is 4.74 Å². The third kappa shape index (κ3) is 6.09. The van der Waals surface area contributed by atoms with Crippen LogP contribution in [0, 0.1) is 0 Å². The molecule has 11 heteroatoms. The summed E-state index contributed by atoms with van der Waals surface area (Å²) in [6.45, 7) is 13.3. The van der Waals surface area contributed by atoms with Gasteiger partial charge >= 0.3 is 0 Å². The third-order valence-corrected chi connectivity index (χ3v) is 11.3. The molecule has 9 nitrogen and oxygen atoms in total. The summed E-state index contributed by atoms with van der Waals surface area (Å²) in [4.78, 5) is 18.1. The fourth-order valence-electron chi connectivity index (χ4n) is 6.27. The first kappa shape index (κ1) is 29.8. The molecule has 3 fully saturated rings. The van der Waals surface area contributed by atoms with Gasteiger partial charge < -0.3 is 19.1 Å². The number of piperidine rings is 2. The molecule has 3 aliphatic rings. The first-order valence-electron chi connectivity index (χ1n) is 14.9. The van der Waals surface area contributed by atoms with Crippen LogP contribution in [0.1, 0.15) is 76.3 Å². The quantitative estimate of drug-likeness (QED) is 0.439. The minimum atomic E-state index is -3.47. The molecule has 2 aromatic rings. The lowest BCUT2D eigenvalue weighted by molar-refractivity contribution is 0.0681. The van der Waals surface area contributed by atoms with Crippen molar-refractivity contribution in [2.45, 2.75) is 78.0 Å². The maximum Gasteiger partial charge on any atom is 0.282 e. The number of nitrogens with zero attached hydrogens (tertiary/aromatic N) is 5. The Kier molecular flexibility index (Phi) is 9.16. The second-order valence-electron chi connectivity index (χ2n) is 11.9.